The maximum atomic E-state index is 12.5. The summed E-state index contributed by atoms with van der Waals surface area (Å²) in [5.41, 5.74) is 0.404. The third kappa shape index (κ3) is 3.33. The van der Waals surface area contributed by atoms with Crippen molar-refractivity contribution >= 4 is 28.1 Å². The Morgan fingerprint density at radius 2 is 2.12 bits per heavy atom. The van der Waals surface area contributed by atoms with Gasteiger partial charge in [0.2, 0.25) is 5.91 Å². The number of carbonyl (C=O) groups excluding carboxylic acids is 1. The number of rotatable bonds is 5. The average molecular weight is 343 g/mol. The molecule has 0 radical (unpaired) electrons. The van der Waals surface area contributed by atoms with Crippen molar-refractivity contribution < 1.29 is 4.79 Å². The van der Waals surface area contributed by atoms with Gasteiger partial charge in [-0.25, -0.2) is 4.98 Å². The van der Waals surface area contributed by atoms with Gasteiger partial charge < -0.3 is 5.32 Å². The molecular weight excluding hydrogens is 326 g/mol. The van der Waals surface area contributed by atoms with Gasteiger partial charge in [0.25, 0.3) is 5.56 Å². The molecule has 0 aliphatic rings. The van der Waals surface area contributed by atoms with Crippen LogP contribution >= 0.6 is 11.3 Å². The van der Waals surface area contributed by atoms with Crippen molar-refractivity contribution in [2.75, 3.05) is 6.54 Å². The smallest absolute Gasteiger partial charge is 0.261 e. The van der Waals surface area contributed by atoms with Crippen LogP contribution in [-0.4, -0.2) is 32.2 Å². The zero-order valence-corrected chi connectivity index (χ0v) is 14.2. The van der Waals surface area contributed by atoms with Crippen LogP contribution in [-0.2, 0) is 11.2 Å². The van der Waals surface area contributed by atoms with Gasteiger partial charge in [-0.2, -0.15) is 0 Å². The van der Waals surface area contributed by atoms with Crippen LogP contribution in [0.4, 0.5) is 0 Å². The standard InChI is InChI=1S/C16H17N5O2S/c1-10(15(22)17-8-7-14-20-19-11(2)24-14)21-9-18-13-6-4-3-5-12(13)16(21)23/h3-6,9-10H,7-8H2,1-2H3,(H,17,22). The molecule has 1 aromatic carbocycles. The zero-order chi connectivity index (χ0) is 17.1. The summed E-state index contributed by atoms with van der Waals surface area (Å²) in [6.45, 7) is 4.02. The highest BCUT2D eigenvalue weighted by molar-refractivity contribution is 7.11. The summed E-state index contributed by atoms with van der Waals surface area (Å²) in [5, 5.41) is 13.1. The molecule has 0 spiro atoms. The molecule has 1 unspecified atom stereocenters. The monoisotopic (exact) mass is 343 g/mol. The number of benzene rings is 1. The summed E-state index contributed by atoms with van der Waals surface area (Å²) in [6.07, 6.45) is 2.04. The SMILES string of the molecule is Cc1nnc(CCNC(=O)C(C)n2cnc3ccccc3c2=O)s1. The predicted molar refractivity (Wildman–Crippen MR) is 92.1 cm³/mol. The number of fused-ring (bicyclic) bond motifs is 1. The van der Waals surface area contributed by atoms with E-state index in [1.807, 2.05) is 13.0 Å². The van der Waals surface area contributed by atoms with Crippen molar-refractivity contribution in [1.82, 2.24) is 25.1 Å². The molecule has 24 heavy (non-hydrogen) atoms. The lowest BCUT2D eigenvalue weighted by molar-refractivity contribution is -0.123. The molecule has 0 aliphatic heterocycles. The lowest BCUT2D eigenvalue weighted by Crippen LogP contribution is -2.36. The van der Waals surface area contributed by atoms with Crippen molar-refractivity contribution in [1.29, 1.82) is 0 Å². The second kappa shape index (κ2) is 6.88. The van der Waals surface area contributed by atoms with Crippen LogP contribution in [0, 0.1) is 6.92 Å². The molecule has 0 aliphatic carbocycles. The van der Waals surface area contributed by atoms with Gasteiger partial charge in [-0.05, 0) is 26.0 Å². The van der Waals surface area contributed by atoms with E-state index < -0.39 is 6.04 Å². The minimum Gasteiger partial charge on any atom is -0.354 e. The first-order valence-electron chi connectivity index (χ1n) is 7.59. The maximum absolute atomic E-state index is 12.5. The predicted octanol–water partition coefficient (Wildman–Crippen LogP) is 1.48. The molecule has 124 valence electrons. The van der Waals surface area contributed by atoms with E-state index in [-0.39, 0.29) is 11.5 Å². The Morgan fingerprint density at radius 3 is 2.88 bits per heavy atom. The van der Waals surface area contributed by atoms with E-state index in [1.165, 1.54) is 22.2 Å². The topological polar surface area (TPSA) is 89.8 Å². The molecule has 8 heteroatoms. The zero-order valence-electron chi connectivity index (χ0n) is 13.4. The van der Waals surface area contributed by atoms with E-state index in [0.29, 0.717) is 23.9 Å². The fraction of sp³-hybridized carbons (Fsp3) is 0.312. The third-order valence-corrected chi connectivity index (χ3v) is 4.59. The molecule has 2 aromatic heterocycles. The van der Waals surface area contributed by atoms with Crippen LogP contribution in [0.1, 0.15) is 23.0 Å². The first kappa shape index (κ1) is 16.3. The Kier molecular flexibility index (Phi) is 4.66. The highest BCUT2D eigenvalue weighted by Gasteiger charge is 2.17. The first-order chi connectivity index (χ1) is 11.6. The molecule has 0 fully saturated rings. The quantitative estimate of drug-likeness (QED) is 0.758. The number of para-hydroxylation sites is 1. The molecule has 3 aromatic rings. The van der Waals surface area contributed by atoms with Gasteiger partial charge in [0.1, 0.15) is 16.1 Å². The molecule has 1 amide bonds. The summed E-state index contributed by atoms with van der Waals surface area (Å²) >= 11 is 1.51. The Bertz CT molecular complexity index is 933. The molecule has 3 rings (SSSR count). The van der Waals surface area contributed by atoms with Crippen molar-refractivity contribution in [2.45, 2.75) is 26.3 Å². The second-order valence-electron chi connectivity index (χ2n) is 5.41. The fourth-order valence-corrected chi connectivity index (χ4v) is 3.07. The van der Waals surface area contributed by atoms with Crippen molar-refractivity contribution in [2.24, 2.45) is 0 Å². The average Bonchev–Trinajstić information content (AvgIpc) is 3.00. The van der Waals surface area contributed by atoms with Gasteiger partial charge in [-0.15, -0.1) is 21.5 Å². The highest BCUT2D eigenvalue weighted by atomic mass is 32.1. The third-order valence-electron chi connectivity index (χ3n) is 3.69. The second-order valence-corrected chi connectivity index (χ2v) is 6.67. The van der Waals surface area contributed by atoms with Gasteiger partial charge in [0, 0.05) is 13.0 Å². The number of nitrogens with one attached hydrogen (secondary N) is 1. The van der Waals surface area contributed by atoms with Gasteiger partial charge in [-0.3, -0.25) is 14.2 Å². The lowest BCUT2D eigenvalue weighted by atomic mass is 10.2. The summed E-state index contributed by atoms with van der Waals surface area (Å²) in [4.78, 5) is 29.0. The number of hydrogen-bond donors (Lipinski definition) is 1. The van der Waals surface area contributed by atoms with E-state index in [0.717, 1.165) is 10.0 Å². The van der Waals surface area contributed by atoms with Crippen LogP contribution in [0.25, 0.3) is 10.9 Å². The molecule has 7 nitrogen and oxygen atoms in total. The van der Waals surface area contributed by atoms with E-state index in [9.17, 15) is 9.59 Å². The van der Waals surface area contributed by atoms with Crippen LogP contribution < -0.4 is 10.9 Å². The first-order valence-corrected chi connectivity index (χ1v) is 8.40. The number of aromatic nitrogens is 4. The molecule has 1 N–H and O–H groups in total. The van der Waals surface area contributed by atoms with Crippen LogP contribution in [0.3, 0.4) is 0 Å². The minimum atomic E-state index is -0.634. The number of amides is 1. The van der Waals surface area contributed by atoms with Crippen molar-refractivity contribution in [3.8, 4) is 0 Å². The normalized spacial score (nSPS) is 12.2. The fourth-order valence-electron chi connectivity index (χ4n) is 2.36. The van der Waals surface area contributed by atoms with Crippen LogP contribution in [0.2, 0.25) is 0 Å². The maximum Gasteiger partial charge on any atom is 0.261 e. The van der Waals surface area contributed by atoms with Crippen LogP contribution in [0.5, 0.6) is 0 Å². The molecule has 2 heterocycles. The number of carbonyl (C=O) groups is 1. The van der Waals surface area contributed by atoms with E-state index in [2.05, 4.69) is 20.5 Å². The number of nitrogens with zero attached hydrogens (tertiary/aromatic N) is 4. The summed E-state index contributed by atoms with van der Waals surface area (Å²) in [6, 6.07) is 6.46. The van der Waals surface area contributed by atoms with E-state index in [4.69, 9.17) is 0 Å². The molecule has 1 atom stereocenters. The Labute approximate surface area is 142 Å². The number of aryl methyl sites for hydroxylation is 1. The summed E-state index contributed by atoms with van der Waals surface area (Å²) in [7, 11) is 0. The lowest BCUT2D eigenvalue weighted by Gasteiger charge is -2.15. The minimum absolute atomic E-state index is 0.219. The Morgan fingerprint density at radius 1 is 1.33 bits per heavy atom. The Hall–Kier alpha value is -2.61. The van der Waals surface area contributed by atoms with Crippen molar-refractivity contribution in [3.63, 3.8) is 0 Å². The highest BCUT2D eigenvalue weighted by Crippen LogP contribution is 2.10. The summed E-state index contributed by atoms with van der Waals surface area (Å²) in [5.74, 6) is -0.226. The molecule has 0 saturated heterocycles. The van der Waals surface area contributed by atoms with E-state index >= 15 is 0 Å². The van der Waals surface area contributed by atoms with Gasteiger partial charge in [-0.1, -0.05) is 12.1 Å². The van der Waals surface area contributed by atoms with Gasteiger partial charge in [0.05, 0.1) is 17.2 Å². The number of hydrogen-bond acceptors (Lipinski definition) is 6. The molecule has 0 bridgehead atoms. The van der Waals surface area contributed by atoms with Crippen LogP contribution in [0.15, 0.2) is 35.4 Å². The molecule has 0 saturated carbocycles. The largest absolute Gasteiger partial charge is 0.354 e. The van der Waals surface area contributed by atoms with Crippen molar-refractivity contribution in [3.05, 3.63) is 51.0 Å². The molecular formula is C16H17N5O2S. The van der Waals surface area contributed by atoms with Gasteiger partial charge >= 0.3 is 0 Å². The Balaban J connectivity index is 1.69. The van der Waals surface area contributed by atoms with E-state index in [1.54, 1.807) is 25.1 Å². The summed E-state index contributed by atoms with van der Waals surface area (Å²) < 4.78 is 1.35. The van der Waals surface area contributed by atoms with Gasteiger partial charge in [0.15, 0.2) is 0 Å².